The molecule has 0 aliphatic carbocycles. The van der Waals surface area contributed by atoms with Gasteiger partial charge in [-0.2, -0.15) is 0 Å². The van der Waals surface area contributed by atoms with E-state index < -0.39 is 0 Å². The Bertz CT molecular complexity index is 1130. The summed E-state index contributed by atoms with van der Waals surface area (Å²) in [6.07, 6.45) is 0. The van der Waals surface area contributed by atoms with Crippen molar-refractivity contribution in [1.29, 1.82) is 0 Å². The van der Waals surface area contributed by atoms with Crippen molar-refractivity contribution < 1.29 is 9.53 Å². The molecule has 0 N–H and O–H groups in total. The number of esters is 1. The topological polar surface area (TPSA) is 26.3 Å². The molecule has 3 heteroatoms. The van der Waals surface area contributed by atoms with Crippen LogP contribution in [0.2, 0.25) is 0 Å². The maximum absolute atomic E-state index is 11.8. The van der Waals surface area contributed by atoms with Crippen molar-refractivity contribution >= 4 is 43.4 Å². The number of fused-ring (bicyclic) bond motifs is 2. The van der Waals surface area contributed by atoms with E-state index in [-0.39, 0.29) is 5.97 Å². The lowest BCUT2D eigenvalue weighted by molar-refractivity contribution is -0.131. The van der Waals surface area contributed by atoms with Gasteiger partial charge in [0.25, 0.3) is 0 Å². The Labute approximate surface area is 160 Å². The number of rotatable bonds is 3. The lowest BCUT2D eigenvalue weighted by Gasteiger charge is -2.18. The van der Waals surface area contributed by atoms with Crippen LogP contribution >= 0.6 is 15.9 Å². The first-order valence-corrected chi connectivity index (χ1v) is 9.58. The van der Waals surface area contributed by atoms with E-state index in [9.17, 15) is 4.79 Å². The Morgan fingerprint density at radius 1 is 0.885 bits per heavy atom. The van der Waals surface area contributed by atoms with E-state index in [1.807, 2.05) is 30.3 Å². The lowest BCUT2D eigenvalue weighted by Crippen LogP contribution is -2.05. The van der Waals surface area contributed by atoms with Crippen molar-refractivity contribution in [2.75, 3.05) is 0 Å². The molecule has 0 saturated heterocycles. The smallest absolute Gasteiger partial charge is 0.308 e. The van der Waals surface area contributed by atoms with Gasteiger partial charge in [0.05, 0.1) is 0 Å². The third-order valence-electron chi connectivity index (χ3n) is 4.53. The van der Waals surface area contributed by atoms with Crippen LogP contribution in [0.3, 0.4) is 0 Å². The zero-order valence-electron chi connectivity index (χ0n) is 14.3. The number of alkyl halides is 1. The summed E-state index contributed by atoms with van der Waals surface area (Å²) in [6, 6.07) is 24.8. The molecule has 0 aliphatic rings. The van der Waals surface area contributed by atoms with E-state index >= 15 is 0 Å². The second-order valence-corrected chi connectivity index (χ2v) is 6.78. The molecule has 0 bridgehead atoms. The van der Waals surface area contributed by atoms with Crippen LogP contribution in [0, 0.1) is 0 Å². The summed E-state index contributed by atoms with van der Waals surface area (Å²) in [5, 5.41) is 5.11. The van der Waals surface area contributed by atoms with E-state index in [1.54, 1.807) is 0 Å². The minimum absolute atomic E-state index is 0.316. The number of carbonyl (C=O) groups excluding carboxylic acids is 1. The summed E-state index contributed by atoms with van der Waals surface area (Å²) in [4.78, 5) is 11.8. The van der Waals surface area contributed by atoms with Gasteiger partial charge in [-0.3, -0.25) is 4.79 Å². The van der Waals surface area contributed by atoms with Crippen LogP contribution in [0.4, 0.5) is 0 Å². The van der Waals surface area contributed by atoms with E-state index in [0.29, 0.717) is 11.1 Å². The van der Waals surface area contributed by atoms with Crippen molar-refractivity contribution in [3.05, 3.63) is 78.4 Å². The lowest BCUT2D eigenvalue weighted by atomic mass is 9.91. The largest absolute Gasteiger partial charge is 0.426 e. The molecule has 0 atom stereocenters. The van der Waals surface area contributed by atoms with E-state index in [0.717, 1.165) is 38.2 Å². The van der Waals surface area contributed by atoms with Gasteiger partial charge in [-0.15, -0.1) is 0 Å². The van der Waals surface area contributed by atoms with Gasteiger partial charge in [-0.25, -0.2) is 0 Å². The van der Waals surface area contributed by atoms with E-state index in [1.165, 1.54) is 6.92 Å². The van der Waals surface area contributed by atoms with Crippen LogP contribution in [-0.2, 0) is 10.1 Å². The van der Waals surface area contributed by atoms with Gasteiger partial charge in [-0.05, 0) is 33.2 Å². The first kappa shape index (κ1) is 16.8. The Hall–Kier alpha value is -2.65. The molecule has 4 rings (SSSR count). The van der Waals surface area contributed by atoms with Crippen LogP contribution in [0.5, 0.6) is 5.75 Å². The van der Waals surface area contributed by atoms with Gasteiger partial charge in [0.1, 0.15) is 5.75 Å². The molecule has 0 saturated carbocycles. The second kappa shape index (κ2) is 6.93. The summed E-state index contributed by atoms with van der Waals surface area (Å²) < 4.78 is 5.71. The number of benzene rings is 4. The van der Waals surface area contributed by atoms with Gasteiger partial charge in [-0.1, -0.05) is 82.7 Å². The average molecular weight is 405 g/mol. The molecule has 0 amide bonds. The number of hydrogen-bond acceptors (Lipinski definition) is 2. The molecule has 128 valence electrons. The monoisotopic (exact) mass is 404 g/mol. The van der Waals surface area contributed by atoms with Crippen molar-refractivity contribution in [3.63, 3.8) is 0 Å². The predicted molar refractivity (Wildman–Crippen MR) is 111 cm³/mol. The number of hydrogen-bond donors (Lipinski definition) is 0. The molecule has 4 aromatic carbocycles. The standard InChI is InChI=1S/C23H17BrO2/c1-15(25)26-23-18(14-24)13-17-8-3-5-11-20(17)22(23)21-12-6-9-16-7-2-4-10-19(16)21/h2-13H,14H2,1H3. The molecule has 0 heterocycles. The molecule has 2 nitrogen and oxygen atoms in total. The van der Waals surface area contributed by atoms with Crippen LogP contribution in [0.1, 0.15) is 12.5 Å². The molecule has 0 fully saturated rings. The average Bonchev–Trinajstić information content (AvgIpc) is 2.67. The number of ether oxygens (including phenoxy) is 1. The van der Waals surface area contributed by atoms with Gasteiger partial charge >= 0.3 is 5.97 Å². The van der Waals surface area contributed by atoms with Gasteiger partial charge in [0, 0.05) is 23.4 Å². The van der Waals surface area contributed by atoms with Crippen LogP contribution < -0.4 is 4.74 Å². The van der Waals surface area contributed by atoms with Gasteiger partial charge in [0.2, 0.25) is 0 Å². The quantitative estimate of drug-likeness (QED) is 0.222. The molecule has 0 spiro atoms. The fourth-order valence-corrected chi connectivity index (χ4v) is 3.87. The Morgan fingerprint density at radius 2 is 1.54 bits per heavy atom. The van der Waals surface area contributed by atoms with E-state index in [4.69, 9.17) is 4.74 Å². The summed E-state index contributed by atoms with van der Waals surface area (Å²) >= 11 is 3.55. The second-order valence-electron chi connectivity index (χ2n) is 6.21. The zero-order chi connectivity index (χ0) is 18.1. The van der Waals surface area contributed by atoms with Gasteiger partial charge in [0.15, 0.2) is 0 Å². The van der Waals surface area contributed by atoms with Crippen LogP contribution in [0.15, 0.2) is 72.8 Å². The Balaban J connectivity index is 2.17. The normalized spacial score (nSPS) is 11.0. The molecular formula is C23H17BrO2. The van der Waals surface area contributed by atoms with Crippen LogP contribution in [0.25, 0.3) is 32.7 Å². The number of carbonyl (C=O) groups is 1. The molecular weight excluding hydrogens is 388 g/mol. The molecule has 26 heavy (non-hydrogen) atoms. The third kappa shape index (κ3) is 2.89. The summed E-state index contributed by atoms with van der Waals surface area (Å²) in [7, 11) is 0. The van der Waals surface area contributed by atoms with Crippen molar-refractivity contribution in [2.45, 2.75) is 12.3 Å². The highest BCUT2D eigenvalue weighted by Gasteiger charge is 2.19. The Morgan fingerprint density at radius 3 is 2.27 bits per heavy atom. The molecule has 0 aliphatic heterocycles. The van der Waals surface area contributed by atoms with Gasteiger partial charge < -0.3 is 4.74 Å². The third-order valence-corrected chi connectivity index (χ3v) is 5.13. The Kier molecular flexibility index (Phi) is 4.48. The first-order valence-electron chi connectivity index (χ1n) is 8.46. The van der Waals surface area contributed by atoms with Crippen molar-refractivity contribution in [3.8, 4) is 16.9 Å². The predicted octanol–water partition coefficient (Wildman–Crippen LogP) is 6.48. The van der Waals surface area contributed by atoms with E-state index in [2.05, 4.69) is 58.4 Å². The molecule has 4 aromatic rings. The van der Waals surface area contributed by atoms with Crippen molar-refractivity contribution in [2.24, 2.45) is 0 Å². The number of halogens is 1. The highest BCUT2D eigenvalue weighted by molar-refractivity contribution is 9.08. The summed E-state index contributed by atoms with van der Waals surface area (Å²) in [5.41, 5.74) is 2.99. The molecule has 0 unspecified atom stereocenters. The summed E-state index contributed by atoms with van der Waals surface area (Å²) in [6.45, 7) is 1.44. The minimum Gasteiger partial charge on any atom is -0.426 e. The minimum atomic E-state index is -0.316. The maximum Gasteiger partial charge on any atom is 0.308 e. The zero-order valence-corrected chi connectivity index (χ0v) is 15.9. The van der Waals surface area contributed by atoms with Crippen molar-refractivity contribution in [1.82, 2.24) is 0 Å². The fourth-order valence-electron chi connectivity index (χ4n) is 3.46. The molecule has 0 aromatic heterocycles. The fraction of sp³-hybridized carbons (Fsp3) is 0.0870. The first-order chi connectivity index (χ1) is 12.7. The summed E-state index contributed by atoms with van der Waals surface area (Å²) in [5.74, 6) is 0.313. The highest BCUT2D eigenvalue weighted by atomic mass is 79.9. The highest BCUT2D eigenvalue weighted by Crippen LogP contribution is 2.43. The maximum atomic E-state index is 11.8. The molecule has 0 radical (unpaired) electrons. The SMILES string of the molecule is CC(=O)Oc1c(CBr)cc2ccccc2c1-c1cccc2ccccc12. The van der Waals surface area contributed by atoms with Crippen LogP contribution in [-0.4, -0.2) is 5.97 Å².